The Labute approximate surface area is 186 Å². The minimum Gasteiger partial charge on any atom is -0.463 e. The van der Waals surface area contributed by atoms with E-state index in [0.29, 0.717) is 12.1 Å². The van der Waals surface area contributed by atoms with Gasteiger partial charge in [0.1, 0.15) is 0 Å². The maximum absolute atomic E-state index is 13.1. The van der Waals surface area contributed by atoms with Gasteiger partial charge in [0.05, 0.1) is 18.2 Å². The van der Waals surface area contributed by atoms with Crippen molar-refractivity contribution < 1.29 is 14.3 Å². The van der Waals surface area contributed by atoms with Crippen LogP contribution in [0.25, 0.3) is 0 Å². The zero-order valence-corrected chi connectivity index (χ0v) is 19.7. The minimum absolute atomic E-state index is 0.0287. The zero-order valence-electron chi connectivity index (χ0n) is 19.7. The standard InChI is InChI=1S/C24H36N4O3/c1-7-31-22(29)20-19(16-28-14-12-26(5)13-15-28)27(6)23(30)25-21(20)17-8-10-18(11-9-17)24(2,3)4/h8-11,21H,7,12-16H2,1-6H3,(H,25,30). The zero-order chi connectivity index (χ0) is 22.8. The molecule has 2 heterocycles. The molecule has 1 unspecified atom stereocenters. The normalized spacial score (nSPS) is 21.3. The molecule has 31 heavy (non-hydrogen) atoms. The Morgan fingerprint density at radius 3 is 2.26 bits per heavy atom. The van der Waals surface area contributed by atoms with E-state index in [0.717, 1.165) is 37.4 Å². The van der Waals surface area contributed by atoms with E-state index in [2.05, 4.69) is 55.1 Å². The fourth-order valence-electron chi connectivity index (χ4n) is 4.04. The largest absolute Gasteiger partial charge is 0.463 e. The van der Waals surface area contributed by atoms with Crippen LogP contribution in [0, 0.1) is 0 Å². The van der Waals surface area contributed by atoms with E-state index < -0.39 is 6.04 Å². The monoisotopic (exact) mass is 428 g/mol. The first-order valence-electron chi connectivity index (χ1n) is 11.1. The quantitative estimate of drug-likeness (QED) is 0.731. The smallest absolute Gasteiger partial charge is 0.338 e. The van der Waals surface area contributed by atoms with E-state index in [4.69, 9.17) is 4.74 Å². The van der Waals surface area contributed by atoms with Crippen molar-refractivity contribution in [3.05, 3.63) is 46.7 Å². The Hall–Kier alpha value is -2.38. The lowest BCUT2D eigenvalue weighted by molar-refractivity contribution is -0.139. The van der Waals surface area contributed by atoms with Crippen LogP contribution in [0.2, 0.25) is 0 Å². The summed E-state index contributed by atoms with van der Waals surface area (Å²) in [5, 5.41) is 3.01. The van der Waals surface area contributed by atoms with Gasteiger partial charge in [-0.05, 0) is 30.5 Å². The molecule has 0 aromatic heterocycles. The molecule has 0 spiro atoms. The van der Waals surface area contributed by atoms with Gasteiger partial charge in [0.15, 0.2) is 0 Å². The van der Waals surface area contributed by atoms with Gasteiger partial charge in [0.2, 0.25) is 0 Å². The van der Waals surface area contributed by atoms with E-state index in [1.54, 1.807) is 18.9 Å². The molecule has 0 bridgehead atoms. The number of nitrogens with zero attached hydrogens (tertiary/aromatic N) is 3. The van der Waals surface area contributed by atoms with Crippen LogP contribution in [0.4, 0.5) is 4.79 Å². The van der Waals surface area contributed by atoms with Gasteiger partial charge in [0.25, 0.3) is 0 Å². The number of nitrogens with one attached hydrogen (secondary N) is 1. The molecule has 0 saturated carbocycles. The summed E-state index contributed by atoms with van der Waals surface area (Å²) in [6.45, 7) is 12.9. The molecule has 0 aliphatic carbocycles. The SMILES string of the molecule is CCOC(=O)C1=C(CN2CCN(C)CC2)N(C)C(=O)NC1c1ccc(C(C)(C)C)cc1. The number of amides is 2. The molecule has 3 rings (SSSR count). The molecule has 170 valence electrons. The second kappa shape index (κ2) is 9.40. The summed E-state index contributed by atoms with van der Waals surface area (Å²) in [5.41, 5.74) is 3.35. The van der Waals surface area contributed by atoms with Crippen molar-refractivity contribution in [1.29, 1.82) is 0 Å². The third-order valence-electron chi connectivity index (χ3n) is 6.15. The van der Waals surface area contributed by atoms with Gasteiger partial charge >= 0.3 is 12.0 Å². The summed E-state index contributed by atoms with van der Waals surface area (Å²) in [6.07, 6.45) is 0. The van der Waals surface area contributed by atoms with Crippen LogP contribution in [0.15, 0.2) is 35.5 Å². The maximum Gasteiger partial charge on any atom is 0.338 e. The Bertz CT molecular complexity index is 833. The predicted octanol–water partition coefficient (Wildman–Crippen LogP) is 2.74. The van der Waals surface area contributed by atoms with E-state index >= 15 is 0 Å². The van der Waals surface area contributed by atoms with E-state index in [-0.39, 0.29) is 24.0 Å². The fourth-order valence-corrected chi connectivity index (χ4v) is 4.04. The van der Waals surface area contributed by atoms with Crippen molar-refractivity contribution in [3.63, 3.8) is 0 Å². The average molecular weight is 429 g/mol. The highest BCUT2D eigenvalue weighted by Gasteiger charge is 2.37. The molecular weight excluding hydrogens is 392 g/mol. The lowest BCUT2D eigenvalue weighted by atomic mass is 9.85. The van der Waals surface area contributed by atoms with Gasteiger partial charge in [-0.25, -0.2) is 9.59 Å². The number of urea groups is 1. The lowest BCUT2D eigenvalue weighted by Gasteiger charge is -2.39. The number of benzene rings is 1. The number of carbonyl (C=O) groups is 2. The highest BCUT2D eigenvalue weighted by Crippen LogP contribution is 2.33. The maximum atomic E-state index is 13.1. The highest BCUT2D eigenvalue weighted by molar-refractivity contribution is 5.95. The fraction of sp³-hybridized carbons (Fsp3) is 0.583. The van der Waals surface area contributed by atoms with Crippen LogP contribution in [-0.2, 0) is 14.9 Å². The first kappa shape index (κ1) is 23.3. The van der Waals surface area contributed by atoms with Crippen molar-refractivity contribution in [2.45, 2.75) is 39.2 Å². The molecule has 1 atom stereocenters. The molecule has 7 heteroatoms. The first-order valence-corrected chi connectivity index (χ1v) is 11.1. The van der Waals surface area contributed by atoms with Crippen LogP contribution in [0.5, 0.6) is 0 Å². The Kier molecular flexibility index (Phi) is 7.06. The Balaban J connectivity index is 2.00. The molecule has 7 nitrogen and oxygen atoms in total. The number of hydrogen-bond acceptors (Lipinski definition) is 5. The predicted molar refractivity (Wildman–Crippen MR) is 122 cm³/mol. The van der Waals surface area contributed by atoms with Crippen LogP contribution >= 0.6 is 0 Å². The molecule has 1 N–H and O–H groups in total. The molecular formula is C24H36N4O3. The highest BCUT2D eigenvalue weighted by atomic mass is 16.5. The molecule has 2 aliphatic rings. The summed E-state index contributed by atoms with van der Waals surface area (Å²) >= 11 is 0. The molecule has 1 fully saturated rings. The van der Waals surface area contributed by atoms with Gasteiger partial charge in [-0.1, -0.05) is 45.0 Å². The van der Waals surface area contributed by atoms with Gasteiger partial charge in [-0.15, -0.1) is 0 Å². The van der Waals surface area contributed by atoms with E-state index in [9.17, 15) is 9.59 Å². The number of hydrogen-bond donors (Lipinski definition) is 1. The summed E-state index contributed by atoms with van der Waals surface area (Å²) in [5.74, 6) is -0.372. The number of ether oxygens (including phenoxy) is 1. The first-order chi connectivity index (χ1) is 14.6. The van der Waals surface area contributed by atoms with Gasteiger partial charge < -0.3 is 15.0 Å². The topological polar surface area (TPSA) is 65.1 Å². The van der Waals surface area contributed by atoms with Gasteiger partial charge in [0, 0.05) is 45.5 Å². The molecule has 2 aliphatic heterocycles. The number of carbonyl (C=O) groups excluding carboxylic acids is 2. The summed E-state index contributed by atoms with van der Waals surface area (Å²) in [7, 11) is 3.83. The summed E-state index contributed by atoms with van der Waals surface area (Å²) < 4.78 is 5.43. The average Bonchev–Trinajstić information content (AvgIpc) is 2.72. The third kappa shape index (κ3) is 5.28. The van der Waals surface area contributed by atoms with Gasteiger partial charge in [-0.3, -0.25) is 9.80 Å². The molecule has 1 saturated heterocycles. The Morgan fingerprint density at radius 1 is 1.10 bits per heavy atom. The molecule has 2 amide bonds. The number of rotatable bonds is 5. The summed E-state index contributed by atoms with van der Waals surface area (Å²) in [6, 6.07) is 7.42. The van der Waals surface area contributed by atoms with Crippen LogP contribution in [0.3, 0.4) is 0 Å². The van der Waals surface area contributed by atoms with Crippen molar-refractivity contribution in [2.75, 3.05) is 53.4 Å². The lowest BCUT2D eigenvalue weighted by Crippen LogP contribution is -2.51. The number of likely N-dealkylation sites (N-methyl/N-ethyl adjacent to an activating group) is 2. The minimum atomic E-state index is -0.528. The molecule has 1 aromatic rings. The van der Waals surface area contributed by atoms with Crippen molar-refractivity contribution in [3.8, 4) is 0 Å². The van der Waals surface area contributed by atoms with Crippen LogP contribution in [-0.4, -0.2) is 80.1 Å². The van der Waals surface area contributed by atoms with Crippen molar-refractivity contribution in [2.24, 2.45) is 0 Å². The Morgan fingerprint density at radius 2 is 1.71 bits per heavy atom. The van der Waals surface area contributed by atoms with Crippen molar-refractivity contribution >= 4 is 12.0 Å². The van der Waals surface area contributed by atoms with E-state index in [1.807, 2.05) is 12.1 Å². The molecule has 1 aromatic carbocycles. The van der Waals surface area contributed by atoms with Crippen LogP contribution in [0.1, 0.15) is 44.9 Å². The third-order valence-corrected chi connectivity index (χ3v) is 6.15. The second-order valence-corrected chi connectivity index (χ2v) is 9.47. The second-order valence-electron chi connectivity index (χ2n) is 9.47. The van der Waals surface area contributed by atoms with Crippen LogP contribution < -0.4 is 5.32 Å². The number of esters is 1. The van der Waals surface area contributed by atoms with Gasteiger partial charge in [-0.2, -0.15) is 0 Å². The number of piperazine rings is 1. The van der Waals surface area contributed by atoms with E-state index in [1.165, 1.54) is 5.56 Å². The van der Waals surface area contributed by atoms with Crippen molar-refractivity contribution in [1.82, 2.24) is 20.0 Å². The molecule has 0 radical (unpaired) electrons. The summed E-state index contributed by atoms with van der Waals surface area (Å²) in [4.78, 5) is 32.1.